The molecule has 0 aromatic heterocycles. The number of hydrogen-bond acceptors (Lipinski definition) is 3. The average Bonchev–Trinajstić information content (AvgIpc) is 3.01. The predicted molar refractivity (Wildman–Crippen MR) is 95.1 cm³/mol. The van der Waals surface area contributed by atoms with Crippen LogP contribution in [-0.4, -0.2) is 17.8 Å². The van der Waals surface area contributed by atoms with Gasteiger partial charge in [-0.25, -0.2) is 4.79 Å². The second-order valence-electron chi connectivity index (χ2n) is 5.82. The van der Waals surface area contributed by atoms with E-state index in [1.807, 2.05) is 6.07 Å². The highest BCUT2D eigenvalue weighted by Crippen LogP contribution is 2.42. The molecule has 0 aliphatic carbocycles. The van der Waals surface area contributed by atoms with Crippen molar-refractivity contribution < 1.29 is 14.4 Å². The molecule has 2 heterocycles. The van der Waals surface area contributed by atoms with Crippen molar-refractivity contribution in [3.05, 3.63) is 63.1 Å². The zero-order valence-electron chi connectivity index (χ0n) is 12.7. The molecule has 25 heavy (non-hydrogen) atoms. The van der Waals surface area contributed by atoms with Crippen molar-refractivity contribution in [3.63, 3.8) is 0 Å². The number of amides is 4. The van der Waals surface area contributed by atoms with Gasteiger partial charge >= 0.3 is 6.03 Å². The van der Waals surface area contributed by atoms with Crippen LogP contribution in [0.25, 0.3) is 0 Å². The second-order valence-corrected chi connectivity index (χ2v) is 7.08. The van der Waals surface area contributed by atoms with E-state index in [0.717, 1.165) is 10.0 Å². The number of nitrogens with zero attached hydrogens (tertiary/aromatic N) is 1. The van der Waals surface area contributed by atoms with Gasteiger partial charge in [0.1, 0.15) is 0 Å². The summed E-state index contributed by atoms with van der Waals surface area (Å²) < 4.78 is 0.755. The molecule has 1 unspecified atom stereocenters. The summed E-state index contributed by atoms with van der Waals surface area (Å²) >= 11 is 9.46. The van der Waals surface area contributed by atoms with Gasteiger partial charge in [-0.05, 0) is 39.7 Å². The number of nitrogens with one attached hydrogen (secondary N) is 2. The van der Waals surface area contributed by atoms with Crippen LogP contribution in [0.15, 0.2) is 46.9 Å². The van der Waals surface area contributed by atoms with Crippen molar-refractivity contribution in [3.8, 4) is 0 Å². The first-order chi connectivity index (χ1) is 11.9. The SMILES string of the molecule is O=C1NC(=O)C2(N1)C(=O)N(Cc1ccc(Br)c(Cl)c1)c1ccccc12. The van der Waals surface area contributed by atoms with Gasteiger partial charge in [0.15, 0.2) is 0 Å². The quantitative estimate of drug-likeness (QED) is 0.579. The Hall–Kier alpha value is -2.38. The second kappa shape index (κ2) is 5.57. The van der Waals surface area contributed by atoms with Gasteiger partial charge in [0, 0.05) is 10.0 Å². The highest BCUT2D eigenvalue weighted by Gasteiger charge is 2.61. The first-order valence-electron chi connectivity index (χ1n) is 7.42. The number of fused-ring (bicyclic) bond motifs is 2. The lowest BCUT2D eigenvalue weighted by atomic mass is 9.92. The number of carbonyl (C=O) groups excluding carboxylic acids is 3. The van der Waals surface area contributed by atoms with Crippen molar-refractivity contribution in [2.75, 3.05) is 4.90 Å². The van der Waals surface area contributed by atoms with Gasteiger partial charge in [-0.15, -0.1) is 0 Å². The number of rotatable bonds is 2. The Balaban J connectivity index is 1.79. The largest absolute Gasteiger partial charge is 0.323 e. The number of para-hydroxylation sites is 1. The Kier molecular flexibility index (Phi) is 3.59. The molecular weight excluding hydrogens is 410 g/mol. The average molecular weight is 421 g/mol. The molecule has 1 spiro atoms. The number of imide groups is 1. The fourth-order valence-electron chi connectivity index (χ4n) is 3.23. The van der Waals surface area contributed by atoms with Gasteiger partial charge in [0.2, 0.25) is 5.54 Å². The molecule has 2 aliphatic heterocycles. The predicted octanol–water partition coefficient (Wildman–Crippen LogP) is 2.68. The Morgan fingerprint density at radius 2 is 1.88 bits per heavy atom. The van der Waals surface area contributed by atoms with Crippen LogP contribution in [0.2, 0.25) is 5.02 Å². The zero-order chi connectivity index (χ0) is 17.8. The lowest BCUT2D eigenvalue weighted by Crippen LogP contribution is -2.52. The molecule has 126 valence electrons. The first kappa shape index (κ1) is 16.1. The highest BCUT2D eigenvalue weighted by molar-refractivity contribution is 9.10. The molecule has 1 saturated heterocycles. The molecule has 2 aromatic carbocycles. The number of carbonyl (C=O) groups is 3. The summed E-state index contributed by atoms with van der Waals surface area (Å²) in [7, 11) is 0. The number of anilines is 1. The van der Waals surface area contributed by atoms with E-state index in [1.165, 1.54) is 4.90 Å². The monoisotopic (exact) mass is 419 g/mol. The maximum absolute atomic E-state index is 13.1. The van der Waals surface area contributed by atoms with Crippen LogP contribution < -0.4 is 15.5 Å². The van der Waals surface area contributed by atoms with E-state index in [-0.39, 0.29) is 6.54 Å². The molecule has 0 radical (unpaired) electrons. The molecule has 0 bridgehead atoms. The fourth-order valence-corrected chi connectivity index (χ4v) is 3.68. The summed E-state index contributed by atoms with van der Waals surface area (Å²) in [4.78, 5) is 38.7. The smallest absolute Gasteiger partial charge is 0.312 e. The number of hydrogen-bond donors (Lipinski definition) is 2. The Labute approximate surface area is 156 Å². The summed E-state index contributed by atoms with van der Waals surface area (Å²) in [6.45, 7) is 0.230. The normalized spacial score (nSPS) is 21.5. The number of benzene rings is 2. The minimum absolute atomic E-state index is 0.230. The van der Waals surface area contributed by atoms with E-state index in [1.54, 1.807) is 36.4 Å². The van der Waals surface area contributed by atoms with Crippen molar-refractivity contribution in [1.82, 2.24) is 10.6 Å². The zero-order valence-corrected chi connectivity index (χ0v) is 15.0. The topological polar surface area (TPSA) is 78.5 Å². The van der Waals surface area contributed by atoms with E-state index in [4.69, 9.17) is 11.6 Å². The van der Waals surface area contributed by atoms with Gasteiger partial charge in [0.25, 0.3) is 11.8 Å². The van der Waals surface area contributed by atoms with Crippen LogP contribution in [0.4, 0.5) is 10.5 Å². The number of halogens is 2. The van der Waals surface area contributed by atoms with Crippen molar-refractivity contribution in [2.45, 2.75) is 12.1 Å². The lowest BCUT2D eigenvalue weighted by Gasteiger charge is -2.21. The van der Waals surface area contributed by atoms with Gasteiger partial charge < -0.3 is 10.2 Å². The molecular formula is C17H11BrClN3O3. The fraction of sp³-hybridized carbons (Fsp3) is 0.118. The van der Waals surface area contributed by atoms with Gasteiger partial charge in [-0.2, -0.15) is 0 Å². The summed E-state index contributed by atoms with van der Waals surface area (Å²) in [6, 6.07) is 11.6. The van der Waals surface area contributed by atoms with E-state index in [2.05, 4.69) is 26.6 Å². The van der Waals surface area contributed by atoms with Crippen LogP contribution in [0.3, 0.4) is 0 Å². The molecule has 4 amide bonds. The van der Waals surface area contributed by atoms with Gasteiger partial charge in [0.05, 0.1) is 17.3 Å². The summed E-state index contributed by atoms with van der Waals surface area (Å²) in [5.74, 6) is -1.15. The maximum atomic E-state index is 13.1. The van der Waals surface area contributed by atoms with Crippen molar-refractivity contribution in [1.29, 1.82) is 0 Å². The molecule has 1 fully saturated rings. The molecule has 6 nitrogen and oxygen atoms in total. The van der Waals surface area contributed by atoms with Crippen LogP contribution in [0.5, 0.6) is 0 Å². The van der Waals surface area contributed by atoms with Crippen LogP contribution >= 0.6 is 27.5 Å². The summed E-state index contributed by atoms with van der Waals surface area (Å²) in [5, 5.41) is 5.18. The van der Waals surface area contributed by atoms with Crippen LogP contribution in [0.1, 0.15) is 11.1 Å². The number of urea groups is 1. The Morgan fingerprint density at radius 1 is 1.12 bits per heavy atom. The molecule has 8 heteroatoms. The third kappa shape index (κ3) is 2.26. The molecule has 0 saturated carbocycles. The van der Waals surface area contributed by atoms with Crippen LogP contribution in [-0.2, 0) is 21.7 Å². The van der Waals surface area contributed by atoms with Crippen molar-refractivity contribution >= 4 is 51.1 Å². The molecule has 4 rings (SSSR count). The van der Waals surface area contributed by atoms with Crippen molar-refractivity contribution in [2.24, 2.45) is 0 Å². The van der Waals surface area contributed by atoms with E-state index >= 15 is 0 Å². The molecule has 2 aromatic rings. The van der Waals surface area contributed by atoms with E-state index in [0.29, 0.717) is 16.3 Å². The molecule has 1 atom stereocenters. The molecule has 2 aliphatic rings. The highest BCUT2D eigenvalue weighted by atomic mass is 79.9. The minimum Gasteiger partial charge on any atom is -0.312 e. The van der Waals surface area contributed by atoms with Gasteiger partial charge in [-0.3, -0.25) is 14.9 Å². The lowest BCUT2D eigenvalue weighted by molar-refractivity contribution is -0.134. The van der Waals surface area contributed by atoms with Gasteiger partial charge in [-0.1, -0.05) is 35.9 Å². The Bertz CT molecular complexity index is 948. The summed E-state index contributed by atoms with van der Waals surface area (Å²) in [5.41, 5.74) is 0.154. The van der Waals surface area contributed by atoms with Crippen LogP contribution in [0, 0.1) is 0 Å². The van der Waals surface area contributed by atoms with E-state index < -0.39 is 23.4 Å². The minimum atomic E-state index is -1.70. The third-order valence-electron chi connectivity index (χ3n) is 4.36. The van der Waals surface area contributed by atoms with E-state index in [9.17, 15) is 14.4 Å². The standard InChI is InChI=1S/C17H11BrClN3O3/c18-11-6-5-9(7-12(11)19)8-22-13-4-2-1-3-10(13)17(15(22)24)14(23)20-16(25)21-17/h1-7H,8H2,(H2,20,21,23,25). The first-order valence-corrected chi connectivity index (χ1v) is 8.59. The molecule has 2 N–H and O–H groups in total. The third-order valence-corrected chi connectivity index (χ3v) is 5.59. The summed E-state index contributed by atoms with van der Waals surface area (Å²) in [6.07, 6.45) is 0. The maximum Gasteiger partial charge on any atom is 0.323 e. The Morgan fingerprint density at radius 3 is 2.56 bits per heavy atom.